The third kappa shape index (κ3) is 3.84. The van der Waals surface area contributed by atoms with Gasteiger partial charge in [-0.3, -0.25) is 9.36 Å². The van der Waals surface area contributed by atoms with Crippen molar-refractivity contribution in [2.24, 2.45) is 0 Å². The Morgan fingerprint density at radius 2 is 1.96 bits per heavy atom. The summed E-state index contributed by atoms with van der Waals surface area (Å²) in [6.45, 7) is 4.69. The van der Waals surface area contributed by atoms with Crippen LogP contribution in [0.2, 0.25) is 0 Å². The Morgan fingerprint density at radius 3 is 2.71 bits per heavy atom. The summed E-state index contributed by atoms with van der Waals surface area (Å²) in [6, 6.07) is 16.0. The average Bonchev–Trinajstić information content (AvgIpc) is 3.18. The smallest absolute Gasteiger partial charge is 0.272 e. The van der Waals surface area contributed by atoms with Crippen molar-refractivity contribution >= 4 is 23.5 Å². The van der Waals surface area contributed by atoms with Gasteiger partial charge < -0.3 is 4.74 Å². The highest BCUT2D eigenvalue weighted by Gasteiger charge is 2.22. The molecule has 4 nitrogen and oxygen atoms in total. The number of benzene rings is 2. The van der Waals surface area contributed by atoms with E-state index in [-0.39, 0.29) is 5.56 Å². The van der Waals surface area contributed by atoms with Gasteiger partial charge >= 0.3 is 0 Å². The molecule has 0 amide bonds. The van der Waals surface area contributed by atoms with Crippen LogP contribution in [-0.4, -0.2) is 21.9 Å². The Labute approximate surface area is 173 Å². The number of fused-ring (bicyclic) bond motifs is 1. The normalized spacial score (nSPS) is 12.8. The van der Waals surface area contributed by atoms with Gasteiger partial charge in [0.25, 0.3) is 5.56 Å². The van der Waals surface area contributed by atoms with Crippen LogP contribution in [0.5, 0.6) is 5.75 Å². The van der Waals surface area contributed by atoms with E-state index in [9.17, 15) is 4.79 Å². The second kappa shape index (κ2) is 8.45. The molecule has 1 aliphatic rings. The average molecular weight is 411 g/mol. The first-order valence-electron chi connectivity index (χ1n) is 9.36. The molecular weight excluding hydrogens is 388 g/mol. The number of nitrogens with zero attached hydrogens (tertiary/aromatic N) is 2. The number of thioether (sulfide) groups is 2. The number of aromatic nitrogens is 2. The summed E-state index contributed by atoms with van der Waals surface area (Å²) >= 11 is 3.23. The second-order valence-electron chi connectivity index (χ2n) is 6.55. The molecule has 0 saturated carbocycles. The molecule has 6 heteroatoms. The molecule has 2 aromatic carbocycles. The highest BCUT2D eigenvalue weighted by atomic mass is 32.2. The molecule has 0 aliphatic carbocycles. The summed E-state index contributed by atoms with van der Waals surface area (Å²) in [5, 5.41) is 0.749. The molecule has 0 unspecified atom stereocenters. The van der Waals surface area contributed by atoms with Crippen LogP contribution < -0.4 is 10.3 Å². The van der Waals surface area contributed by atoms with E-state index in [2.05, 4.69) is 25.1 Å². The Morgan fingerprint density at radius 1 is 1.18 bits per heavy atom. The summed E-state index contributed by atoms with van der Waals surface area (Å²) in [5.41, 5.74) is 4.30. The number of hydrogen-bond acceptors (Lipinski definition) is 5. The standard InChI is InChI=1S/C22H22N2O2S2/c1-3-26-18-10-8-17(9-11-18)24-21(25)20-19(12-13-27-20)23-22(24)28-14-16-7-5-4-6-15(16)2/h4-11H,3,12-14H2,1-2H3. The molecule has 1 aromatic heterocycles. The van der Waals surface area contributed by atoms with E-state index in [1.54, 1.807) is 28.1 Å². The minimum absolute atomic E-state index is 0.0314. The van der Waals surface area contributed by atoms with Crippen molar-refractivity contribution in [3.05, 3.63) is 75.7 Å². The first-order chi connectivity index (χ1) is 13.7. The van der Waals surface area contributed by atoms with Crippen LogP contribution in [0.3, 0.4) is 0 Å². The quantitative estimate of drug-likeness (QED) is 0.428. The molecule has 0 spiro atoms. The number of hydrogen-bond donors (Lipinski definition) is 0. The molecule has 0 atom stereocenters. The van der Waals surface area contributed by atoms with E-state index in [0.717, 1.165) is 45.1 Å². The maximum atomic E-state index is 13.2. The molecule has 2 heterocycles. The Balaban J connectivity index is 1.73. The van der Waals surface area contributed by atoms with Crippen molar-refractivity contribution in [2.75, 3.05) is 12.4 Å². The number of aryl methyl sites for hydroxylation is 2. The van der Waals surface area contributed by atoms with E-state index >= 15 is 0 Å². The lowest BCUT2D eigenvalue weighted by molar-refractivity contribution is 0.340. The summed E-state index contributed by atoms with van der Waals surface area (Å²) < 4.78 is 7.28. The Bertz CT molecular complexity index is 1050. The van der Waals surface area contributed by atoms with Gasteiger partial charge in [0.1, 0.15) is 5.75 Å². The van der Waals surface area contributed by atoms with E-state index in [1.165, 1.54) is 11.1 Å². The van der Waals surface area contributed by atoms with Gasteiger partial charge in [-0.05, 0) is 49.2 Å². The molecule has 28 heavy (non-hydrogen) atoms. The first-order valence-corrected chi connectivity index (χ1v) is 11.3. The van der Waals surface area contributed by atoms with E-state index in [0.29, 0.717) is 6.61 Å². The predicted molar refractivity (Wildman–Crippen MR) is 116 cm³/mol. The van der Waals surface area contributed by atoms with Gasteiger partial charge in [-0.15, -0.1) is 11.8 Å². The highest BCUT2D eigenvalue weighted by molar-refractivity contribution is 7.99. The van der Waals surface area contributed by atoms with Crippen LogP contribution in [0.15, 0.2) is 63.4 Å². The topological polar surface area (TPSA) is 44.1 Å². The molecule has 0 bridgehead atoms. The van der Waals surface area contributed by atoms with Gasteiger partial charge in [-0.1, -0.05) is 36.0 Å². The molecular formula is C22H22N2O2S2. The molecule has 0 fully saturated rings. The van der Waals surface area contributed by atoms with Gasteiger partial charge in [-0.25, -0.2) is 4.98 Å². The summed E-state index contributed by atoms with van der Waals surface area (Å²) in [5.74, 6) is 2.51. The maximum Gasteiger partial charge on any atom is 0.272 e. The second-order valence-corrected chi connectivity index (χ2v) is 8.60. The fourth-order valence-electron chi connectivity index (χ4n) is 3.19. The third-order valence-corrected chi connectivity index (χ3v) is 6.79. The summed E-state index contributed by atoms with van der Waals surface area (Å²) in [4.78, 5) is 18.9. The van der Waals surface area contributed by atoms with E-state index in [4.69, 9.17) is 9.72 Å². The predicted octanol–water partition coefficient (Wildman–Crippen LogP) is 4.88. The van der Waals surface area contributed by atoms with Crippen LogP contribution in [0.1, 0.15) is 23.7 Å². The van der Waals surface area contributed by atoms with Crippen LogP contribution in [-0.2, 0) is 12.2 Å². The molecule has 0 radical (unpaired) electrons. The van der Waals surface area contributed by atoms with Crippen molar-refractivity contribution in [3.8, 4) is 11.4 Å². The fourth-order valence-corrected chi connectivity index (χ4v) is 5.32. The van der Waals surface area contributed by atoms with Crippen molar-refractivity contribution in [3.63, 3.8) is 0 Å². The molecule has 144 valence electrons. The van der Waals surface area contributed by atoms with Crippen molar-refractivity contribution in [2.45, 2.75) is 36.1 Å². The van der Waals surface area contributed by atoms with Crippen LogP contribution >= 0.6 is 23.5 Å². The monoisotopic (exact) mass is 410 g/mol. The number of ether oxygens (including phenoxy) is 1. The zero-order chi connectivity index (χ0) is 19.5. The molecule has 0 N–H and O–H groups in total. The van der Waals surface area contributed by atoms with Gasteiger partial charge in [-0.2, -0.15) is 0 Å². The molecule has 3 aromatic rings. The first kappa shape index (κ1) is 19.2. The fraction of sp³-hybridized carbons (Fsp3) is 0.273. The van der Waals surface area contributed by atoms with Gasteiger partial charge in [0.15, 0.2) is 5.16 Å². The lowest BCUT2D eigenvalue weighted by Crippen LogP contribution is -2.23. The SMILES string of the molecule is CCOc1ccc(-n2c(SCc3ccccc3C)nc3c(c2=O)SCC3)cc1. The van der Waals surface area contributed by atoms with Crippen LogP contribution in [0.25, 0.3) is 5.69 Å². The minimum Gasteiger partial charge on any atom is -0.494 e. The zero-order valence-electron chi connectivity index (χ0n) is 16.0. The third-order valence-electron chi connectivity index (χ3n) is 4.69. The summed E-state index contributed by atoms with van der Waals surface area (Å²) in [7, 11) is 0. The van der Waals surface area contributed by atoms with Crippen molar-refractivity contribution in [1.29, 1.82) is 0 Å². The van der Waals surface area contributed by atoms with Gasteiger partial charge in [0, 0.05) is 17.9 Å². The molecule has 1 aliphatic heterocycles. The maximum absolute atomic E-state index is 13.2. The van der Waals surface area contributed by atoms with Gasteiger partial charge in [0.2, 0.25) is 0 Å². The largest absolute Gasteiger partial charge is 0.494 e. The molecule has 0 saturated heterocycles. The van der Waals surface area contributed by atoms with E-state index < -0.39 is 0 Å². The Hall–Kier alpha value is -2.18. The lowest BCUT2D eigenvalue weighted by atomic mass is 10.1. The van der Waals surface area contributed by atoms with Crippen LogP contribution in [0, 0.1) is 6.92 Å². The lowest BCUT2D eigenvalue weighted by Gasteiger charge is -2.15. The number of rotatable bonds is 6. The summed E-state index contributed by atoms with van der Waals surface area (Å²) in [6.07, 6.45) is 0.858. The molecule has 4 rings (SSSR count). The van der Waals surface area contributed by atoms with Crippen molar-refractivity contribution in [1.82, 2.24) is 9.55 Å². The van der Waals surface area contributed by atoms with Crippen LogP contribution in [0.4, 0.5) is 0 Å². The van der Waals surface area contributed by atoms with Gasteiger partial charge in [0.05, 0.1) is 22.9 Å². The highest BCUT2D eigenvalue weighted by Crippen LogP contribution is 2.31. The Kier molecular flexibility index (Phi) is 5.78. The van der Waals surface area contributed by atoms with Crippen molar-refractivity contribution < 1.29 is 4.74 Å². The minimum atomic E-state index is 0.0314. The van der Waals surface area contributed by atoms with E-state index in [1.807, 2.05) is 37.3 Å². The zero-order valence-corrected chi connectivity index (χ0v) is 17.6.